The summed E-state index contributed by atoms with van der Waals surface area (Å²) in [5.41, 5.74) is 10.4. The number of nitrogens with two attached hydrogens (primary N) is 2. The van der Waals surface area contributed by atoms with Crippen LogP contribution in [0.15, 0.2) is 23.1 Å². The minimum Gasteiger partial charge on any atom is -0.496 e. The molecule has 0 saturated carbocycles. The molecule has 0 saturated heterocycles. The van der Waals surface area contributed by atoms with Crippen molar-refractivity contribution in [2.75, 3.05) is 20.2 Å². The van der Waals surface area contributed by atoms with Crippen LogP contribution in [0.3, 0.4) is 0 Å². The summed E-state index contributed by atoms with van der Waals surface area (Å²) < 4.78 is 30.8. The Morgan fingerprint density at radius 3 is 2.53 bits per heavy atom. The van der Waals surface area contributed by atoms with Crippen LogP contribution in [-0.2, 0) is 10.0 Å². The lowest BCUT2D eigenvalue weighted by atomic mass is 10.2. The lowest BCUT2D eigenvalue weighted by molar-refractivity contribution is 0.0997. The van der Waals surface area contributed by atoms with Crippen molar-refractivity contribution in [3.63, 3.8) is 0 Å². The summed E-state index contributed by atoms with van der Waals surface area (Å²) in [5, 5.41) is 0. The monoisotopic (exact) mass is 309 g/mol. The highest BCUT2D eigenvalue weighted by Crippen LogP contribution is 2.21. The Morgan fingerprint density at radius 2 is 2.05 bits per heavy atom. The van der Waals surface area contributed by atoms with E-state index < -0.39 is 15.9 Å². The number of ether oxygens (including phenoxy) is 1. The number of carbonyl (C=O) groups is 1. The van der Waals surface area contributed by atoms with E-state index in [4.69, 9.17) is 16.2 Å². The van der Waals surface area contributed by atoms with Crippen LogP contribution in [0.2, 0.25) is 0 Å². The molecule has 108 valence electrons. The summed E-state index contributed by atoms with van der Waals surface area (Å²) in [5.74, 6) is -0.539. The molecule has 0 unspecified atom stereocenters. The molecule has 0 radical (unpaired) electrons. The summed E-state index contributed by atoms with van der Waals surface area (Å²) >= 11 is 0. The van der Waals surface area contributed by atoms with E-state index >= 15 is 0 Å². The van der Waals surface area contributed by atoms with Crippen LogP contribution < -0.4 is 20.9 Å². The molecule has 19 heavy (non-hydrogen) atoms. The topological polar surface area (TPSA) is 125 Å². The van der Waals surface area contributed by atoms with Crippen molar-refractivity contribution in [3.05, 3.63) is 23.8 Å². The second-order valence-corrected chi connectivity index (χ2v) is 5.18. The van der Waals surface area contributed by atoms with Crippen LogP contribution in [0.1, 0.15) is 10.4 Å². The van der Waals surface area contributed by atoms with Gasteiger partial charge in [-0.2, -0.15) is 0 Å². The number of hydrogen-bond donors (Lipinski definition) is 3. The Morgan fingerprint density at radius 1 is 1.42 bits per heavy atom. The molecule has 1 aromatic rings. The Bertz CT molecular complexity index is 548. The molecule has 0 bridgehead atoms. The maximum atomic E-state index is 11.8. The van der Waals surface area contributed by atoms with Gasteiger partial charge in [0.25, 0.3) is 5.91 Å². The zero-order chi connectivity index (χ0) is 13.8. The SMILES string of the molecule is COc1ccc(S(=O)(=O)NCCN)cc1C(N)=O.Cl. The molecule has 0 aliphatic carbocycles. The van der Waals surface area contributed by atoms with Crippen molar-refractivity contribution >= 4 is 28.3 Å². The number of hydrogen-bond acceptors (Lipinski definition) is 5. The zero-order valence-corrected chi connectivity index (χ0v) is 11.9. The third kappa shape index (κ3) is 4.35. The fourth-order valence-electron chi connectivity index (χ4n) is 1.32. The van der Waals surface area contributed by atoms with Crippen molar-refractivity contribution in [2.24, 2.45) is 11.5 Å². The number of halogens is 1. The molecule has 1 rings (SSSR count). The first-order valence-corrected chi connectivity index (χ1v) is 6.58. The quantitative estimate of drug-likeness (QED) is 0.650. The molecule has 1 aromatic carbocycles. The predicted molar refractivity (Wildman–Crippen MR) is 73.0 cm³/mol. The Balaban J connectivity index is 0.00000324. The molecule has 5 N–H and O–H groups in total. The van der Waals surface area contributed by atoms with Crippen LogP contribution >= 0.6 is 12.4 Å². The van der Waals surface area contributed by atoms with E-state index in [1.807, 2.05) is 0 Å². The van der Waals surface area contributed by atoms with E-state index in [0.29, 0.717) is 0 Å². The van der Waals surface area contributed by atoms with E-state index in [-0.39, 0.29) is 41.7 Å². The third-order valence-electron chi connectivity index (χ3n) is 2.18. The highest BCUT2D eigenvalue weighted by molar-refractivity contribution is 7.89. The number of methoxy groups -OCH3 is 1. The van der Waals surface area contributed by atoms with Crippen LogP contribution in [-0.4, -0.2) is 34.5 Å². The molecule has 0 aromatic heterocycles. The van der Waals surface area contributed by atoms with Gasteiger partial charge in [0.15, 0.2) is 0 Å². The van der Waals surface area contributed by atoms with Crippen LogP contribution in [0.4, 0.5) is 0 Å². The van der Waals surface area contributed by atoms with Crippen LogP contribution in [0.5, 0.6) is 5.75 Å². The van der Waals surface area contributed by atoms with Gasteiger partial charge in [-0.1, -0.05) is 0 Å². The second kappa shape index (κ2) is 7.29. The minimum atomic E-state index is -3.70. The number of primary amides is 1. The van der Waals surface area contributed by atoms with Gasteiger partial charge in [0.05, 0.1) is 17.6 Å². The second-order valence-electron chi connectivity index (χ2n) is 3.41. The smallest absolute Gasteiger partial charge is 0.252 e. The molecule has 0 fully saturated rings. The van der Waals surface area contributed by atoms with E-state index in [0.717, 1.165) is 0 Å². The Hall–Kier alpha value is -1.35. The first kappa shape index (κ1) is 17.6. The normalized spacial score (nSPS) is 10.6. The fraction of sp³-hybridized carbons (Fsp3) is 0.300. The van der Waals surface area contributed by atoms with E-state index in [1.165, 1.54) is 25.3 Å². The predicted octanol–water partition coefficient (Wildman–Crippen LogP) is -0.547. The average Bonchev–Trinajstić information content (AvgIpc) is 2.35. The molecule has 0 spiro atoms. The molecule has 0 aliphatic rings. The van der Waals surface area contributed by atoms with E-state index in [2.05, 4.69) is 4.72 Å². The van der Waals surface area contributed by atoms with Crippen molar-refractivity contribution in [1.29, 1.82) is 0 Å². The molecule has 1 amide bonds. The number of benzene rings is 1. The zero-order valence-electron chi connectivity index (χ0n) is 10.3. The summed E-state index contributed by atoms with van der Waals surface area (Å²) in [6.07, 6.45) is 0. The maximum absolute atomic E-state index is 11.8. The van der Waals surface area contributed by atoms with Gasteiger partial charge >= 0.3 is 0 Å². The molecule has 7 nitrogen and oxygen atoms in total. The van der Waals surface area contributed by atoms with Gasteiger partial charge in [0, 0.05) is 13.1 Å². The summed E-state index contributed by atoms with van der Waals surface area (Å²) in [6, 6.07) is 3.86. The third-order valence-corrected chi connectivity index (χ3v) is 3.64. The van der Waals surface area contributed by atoms with E-state index in [1.54, 1.807) is 0 Å². The van der Waals surface area contributed by atoms with Crippen LogP contribution in [0.25, 0.3) is 0 Å². The molecule has 0 aliphatic heterocycles. The van der Waals surface area contributed by atoms with Gasteiger partial charge in [-0.05, 0) is 18.2 Å². The number of nitrogens with one attached hydrogen (secondary N) is 1. The lowest BCUT2D eigenvalue weighted by Gasteiger charge is -2.09. The largest absolute Gasteiger partial charge is 0.496 e. The van der Waals surface area contributed by atoms with E-state index in [9.17, 15) is 13.2 Å². The van der Waals surface area contributed by atoms with Gasteiger partial charge in [0.2, 0.25) is 10.0 Å². The highest BCUT2D eigenvalue weighted by atomic mass is 35.5. The Labute approximate surface area is 117 Å². The summed E-state index contributed by atoms with van der Waals surface area (Å²) in [7, 11) is -2.33. The highest BCUT2D eigenvalue weighted by Gasteiger charge is 2.17. The lowest BCUT2D eigenvalue weighted by Crippen LogP contribution is -2.29. The van der Waals surface area contributed by atoms with Gasteiger partial charge in [-0.25, -0.2) is 13.1 Å². The van der Waals surface area contributed by atoms with Crippen molar-refractivity contribution in [1.82, 2.24) is 4.72 Å². The van der Waals surface area contributed by atoms with Gasteiger partial charge < -0.3 is 16.2 Å². The van der Waals surface area contributed by atoms with Crippen molar-refractivity contribution in [3.8, 4) is 5.75 Å². The number of sulfonamides is 1. The first-order valence-electron chi connectivity index (χ1n) is 5.10. The maximum Gasteiger partial charge on any atom is 0.252 e. The standard InChI is InChI=1S/C10H15N3O4S.ClH/c1-17-9-3-2-7(6-8(9)10(12)14)18(15,16)13-5-4-11;/h2-3,6,13H,4-5,11H2,1H3,(H2,12,14);1H. The van der Waals surface area contributed by atoms with Crippen molar-refractivity contribution < 1.29 is 17.9 Å². The average molecular weight is 310 g/mol. The number of carbonyl (C=O) groups excluding carboxylic acids is 1. The van der Waals surface area contributed by atoms with Crippen molar-refractivity contribution in [2.45, 2.75) is 4.90 Å². The summed E-state index contributed by atoms with van der Waals surface area (Å²) in [4.78, 5) is 11.1. The summed E-state index contributed by atoms with van der Waals surface area (Å²) in [6.45, 7) is 0.290. The molecular weight excluding hydrogens is 294 g/mol. The first-order chi connectivity index (χ1) is 8.42. The number of rotatable bonds is 6. The molecule has 0 heterocycles. The molecular formula is C10H16ClN3O4S. The van der Waals surface area contributed by atoms with Gasteiger partial charge in [-0.15, -0.1) is 12.4 Å². The fourth-order valence-corrected chi connectivity index (χ4v) is 2.40. The van der Waals surface area contributed by atoms with Crippen LogP contribution in [0, 0.1) is 0 Å². The van der Waals surface area contributed by atoms with Gasteiger partial charge in [-0.3, -0.25) is 4.79 Å². The molecule has 0 atom stereocenters. The minimum absolute atomic E-state index is 0. The van der Waals surface area contributed by atoms with Gasteiger partial charge in [0.1, 0.15) is 5.75 Å². The Kier molecular flexibility index (Phi) is 6.77. The molecule has 9 heteroatoms. The number of amides is 1.